The number of hydrogen-bond acceptors (Lipinski definition) is 3. The summed E-state index contributed by atoms with van der Waals surface area (Å²) in [7, 11) is 0. The Morgan fingerprint density at radius 3 is 2.33 bits per heavy atom. The molecule has 0 aromatic heterocycles. The van der Waals surface area contributed by atoms with Crippen LogP contribution in [0.3, 0.4) is 0 Å². The van der Waals surface area contributed by atoms with E-state index in [2.05, 4.69) is 0 Å². The molecule has 2 fully saturated rings. The molecular weight excluding hydrogens is 358 g/mol. The predicted molar refractivity (Wildman–Crippen MR) is 94.0 cm³/mol. The quantitative estimate of drug-likeness (QED) is 0.878. The third kappa shape index (κ3) is 4.11. The van der Waals surface area contributed by atoms with Gasteiger partial charge < -0.3 is 14.9 Å². The number of rotatable bonds is 3. The lowest BCUT2D eigenvalue weighted by atomic mass is 10.1. The molecule has 1 unspecified atom stereocenters. The van der Waals surface area contributed by atoms with Gasteiger partial charge in [-0.3, -0.25) is 9.59 Å². The van der Waals surface area contributed by atoms with Crippen LogP contribution in [-0.4, -0.2) is 48.1 Å². The van der Waals surface area contributed by atoms with Gasteiger partial charge in [0.1, 0.15) is 5.82 Å². The van der Waals surface area contributed by atoms with Gasteiger partial charge in [-0.2, -0.15) is 0 Å². The second-order valence-corrected chi connectivity index (χ2v) is 5.94. The Labute approximate surface area is 152 Å². The van der Waals surface area contributed by atoms with Crippen molar-refractivity contribution in [3.8, 4) is 0 Å². The van der Waals surface area contributed by atoms with E-state index < -0.39 is 11.9 Å². The van der Waals surface area contributed by atoms with Crippen molar-refractivity contribution in [3.63, 3.8) is 0 Å². The Morgan fingerprint density at radius 1 is 1.12 bits per heavy atom. The van der Waals surface area contributed by atoms with Crippen LogP contribution in [-0.2, 0) is 4.79 Å². The van der Waals surface area contributed by atoms with Gasteiger partial charge in [-0.1, -0.05) is 0 Å². The van der Waals surface area contributed by atoms with Gasteiger partial charge in [0.15, 0.2) is 0 Å². The van der Waals surface area contributed by atoms with Crippen LogP contribution >= 0.6 is 24.8 Å². The third-order valence-electron chi connectivity index (χ3n) is 4.47. The number of amides is 1. The lowest BCUT2D eigenvalue weighted by Gasteiger charge is -2.20. The highest BCUT2D eigenvalue weighted by molar-refractivity contribution is 5.95. The number of carboxylic acids is 1. The van der Waals surface area contributed by atoms with Crippen LogP contribution in [0.15, 0.2) is 18.2 Å². The molecule has 1 atom stereocenters. The summed E-state index contributed by atoms with van der Waals surface area (Å²) < 4.78 is 14.2. The number of benzene rings is 1. The van der Waals surface area contributed by atoms with Gasteiger partial charge >= 0.3 is 5.97 Å². The van der Waals surface area contributed by atoms with Gasteiger partial charge in [0.05, 0.1) is 11.6 Å². The molecular formula is C16H21Cl2FN2O3. The number of aliphatic carboxylic acids is 1. The van der Waals surface area contributed by atoms with Crippen LogP contribution in [0.5, 0.6) is 0 Å². The molecule has 2 aliphatic heterocycles. The first-order valence-electron chi connectivity index (χ1n) is 7.63. The molecule has 2 aliphatic rings. The molecule has 1 amide bonds. The van der Waals surface area contributed by atoms with E-state index in [-0.39, 0.29) is 48.6 Å². The van der Waals surface area contributed by atoms with Crippen molar-refractivity contribution < 1.29 is 19.1 Å². The number of carbonyl (C=O) groups is 2. The maximum Gasteiger partial charge on any atom is 0.308 e. The number of carbonyl (C=O) groups excluding carboxylic acids is 1. The molecule has 24 heavy (non-hydrogen) atoms. The minimum atomic E-state index is -0.883. The molecule has 0 bridgehead atoms. The summed E-state index contributed by atoms with van der Waals surface area (Å²) >= 11 is 0. The number of likely N-dealkylation sites (tertiary alicyclic amines) is 1. The highest BCUT2D eigenvalue weighted by Crippen LogP contribution is 2.26. The summed E-state index contributed by atoms with van der Waals surface area (Å²) in [6, 6.07) is 4.55. The fourth-order valence-corrected chi connectivity index (χ4v) is 3.18. The molecule has 2 saturated heterocycles. The van der Waals surface area contributed by atoms with Crippen LogP contribution < -0.4 is 4.90 Å². The third-order valence-corrected chi connectivity index (χ3v) is 4.47. The second-order valence-electron chi connectivity index (χ2n) is 5.94. The van der Waals surface area contributed by atoms with E-state index >= 15 is 0 Å². The number of nitrogens with zero attached hydrogens (tertiary/aromatic N) is 2. The van der Waals surface area contributed by atoms with E-state index in [9.17, 15) is 14.0 Å². The monoisotopic (exact) mass is 378 g/mol. The van der Waals surface area contributed by atoms with E-state index in [4.69, 9.17) is 5.11 Å². The summed E-state index contributed by atoms with van der Waals surface area (Å²) in [6.07, 6.45) is 2.57. The molecule has 2 heterocycles. The lowest BCUT2D eigenvalue weighted by molar-refractivity contribution is -0.141. The smallest absolute Gasteiger partial charge is 0.308 e. The average Bonchev–Trinajstić information content (AvgIpc) is 3.17. The molecule has 1 aromatic carbocycles. The Hall–Kier alpha value is -1.53. The number of halogens is 3. The molecule has 134 valence electrons. The van der Waals surface area contributed by atoms with Gasteiger partial charge in [-0.15, -0.1) is 24.8 Å². The minimum absolute atomic E-state index is 0. The number of carboxylic acid groups (broad SMARTS) is 1. The largest absolute Gasteiger partial charge is 0.481 e. The molecule has 0 aliphatic carbocycles. The minimum Gasteiger partial charge on any atom is -0.481 e. The highest BCUT2D eigenvalue weighted by Gasteiger charge is 2.31. The van der Waals surface area contributed by atoms with Crippen molar-refractivity contribution in [2.75, 3.05) is 31.1 Å². The van der Waals surface area contributed by atoms with Crippen LogP contribution in [0, 0.1) is 11.7 Å². The predicted octanol–water partition coefficient (Wildman–Crippen LogP) is 2.82. The van der Waals surface area contributed by atoms with E-state index in [1.165, 1.54) is 11.0 Å². The van der Waals surface area contributed by atoms with Gasteiger partial charge in [-0.05, 0) is 37.5 Å². The SMILES string of the molecule is Cl.Cl.O=C(O)C1CCN(C(=O)c2ccc(N3CCCC3)c(F)c2)C1. The van der Waals surface area contributed by atoms with Crippen LogP contribution in [0.2, 0.25) is 0 Å². The van der Waals surface area contributed by atoms with Crippen LogP contribution in [0.4, 0.5) is 10.1 Å². The van der Waals surface area contributed by atoms with Gasteiger partial charge in [0, 0.05) is 31.7 Å². The zero-order valence-corrected chi connectivity index (χ0v) is 14.7. The lowest BCUT2D eigenvalue weighted by Crippen LogP contribution is -2.30. The molecule has 1 aromatic rings. The molecule has 3 rings (SSSR count). The Kier molecular flexibility index (Phi) is 7.29. The summed E-state index contributed by atoms with van der Waals surface area (Å²) in [5.74, 6) is -2.08. The number of hydrogen-bond donors (Lipinski definition) is 1. The van der Waals surface area contributed by atoms with Gasteiger partial charge in [-0.25, -0.2) is 4.39 Å². The number of anilines is 1. The summed E-state index contributed by atoms with van der Waals surface area (Å²) in [5, 5.41) is 8.98. The molecule has 1 N–H and O–H groups in total. The van der Waals surface area contributed by atoms with Crippen molar-refractivity contribution in [1.82, 2.24) is 4.90 Å². The standard InChI is InChI=1S/C16H19FN2O3.2ClH/c17-13-9-11(3-4-14(13)18-6-1-2-7-18)15(20)19-8-5-12(10-19)16(21)22;;/h3-4,9,12H,1-2,5-8,10H2,(H,21,22);2*1H. The molecule has 8 heteroatoms. The first-order chi connectivity index (χ1) is 10.6. The van der Waals surface area contributed by atoms with Crippen molar-refractivity contribution in [1.29, 1.82) is 0 Å². The molecule has 5 nitrogen and oxygen atoms in total. The summed E-state index contributed by atoms with van der Waals surface area (Å²) in [5.41, 5.74) is 0.824. The van der Waals surface area contributed by atoms with Crippen molar-refractivity contribution in [3.05, 3.63) is 29.6 Å². The van der Waals surface area contributed by atoms with Crippen molar-refractivity contribution in [2.45, 2.75) is 19.3 Å². The first kappa shape index (κ1) is 20.5. The van der Waals surface area contributed by atoms with Gasteiger partial charge in [0.2, 0.25) is 0 Å². The Balaban J connectivity index is 0.00000144. The Bertz CT molecular complexity index is 609. The van der Waals surface area contributed by atoms with Crippen LogP contribution in [0.25, 0.3) is 0 Å². The molecule has 0 saturated carbocycles. The highest BCUT2D eigenvalue weighted by atomic mass is 35.5. The first-order valence-corrected chi connectivity index (χ1v) is 7.63. The zero-order chi connectivity index (χ0) is 15.7. The van der Waals surface area contributed by atoms with E-state index in [0.29, 0.717) is 18.7 Å². The normalized spacial score (nSPS) is 19.6. The van der Waals surface area contributed by atoms with E-state index in [1.54, 1.807) is 12.1 Å². The zero-order valence-electron chi connectivity index (χ0n) is 13.1. The second kappa shape index (κ2) is 8.53. The van der Waals surface area contributed by atoms with E-state index in [1.807, 2.05) is 4.90 Å². The topological polar surface area (TPSA) is 60.9 Å². The summed E-state index contributed by atoms with van der Waals surface area (Å²) in [4.78, 5) is 26.8. The average molecular weight is 379 g/mol. The van der Waals surface area contributed by atoms with E-state index in [0.717, 1.165) is 25.9 Å². The van der Waals surface area contributed by atoms with Crippen LogP contribution in [0.1, 0.15) is 29.6 Å². The van der Waals surface area contributed by atoms with Crippen molar-refractivity contribution in [2.24, 2.45) is 5.92 Å². The Morgan fingerprint density at radius 2 is 1.79 bits per heavy atom. The maximum atomic E-state index is 14.2. The fraction of sp³-hybridized carbons (Fsp3) is 0.500. The summed E-state index contributed by atoms with van der Waals surface area (Å²) in [6.45, 7) is 2.29. The molecule has 0 radical (unpaired) electrons. The molecule has 0 spiro atoms. The van der Waals surface area contributed by atoms with Crippen molar-refractivity contribution >= 4 is 42.4 Å². The fourth-order valence-electron chi connectivity index (χ4n) is 3.18. The van der Waals surface area contributed by atoms with Gasteiger partial charge in [0.25, 0.3) is 5.91 Å². The maximum absolute atomic E-state index is 14.2.